The number of anilines is 1. The van der Waals surface area contributed by atoms with Crippen LogP contribution in [0.2, 0.25) is 0 Å². The molecule has 6 rings (SSSR count). The highest BCUT2D eigenvalue weighted by atomic mass is 19.1. The van der Waals surface area contributed by atoms with Crippen molar-refractivity contribution in [3.63, 3.8) is 0 Å². The van der Waals surface area contributed by atoms with Crippen LogP contribution in [0.15, 0.2) is 24.3 Å². The summed E-state index contributed by atoms with van der Waals surface area (Å²) in [5.41, 5.74) is -0.243. The second-order valence-corrected chi connectivity index (χ2v) is 9.01. The molecule has 6 heteroatoms. The molecule has 1 heterocycles. The van der Waals surface area contributed by atoms with Gasteiger partial charge in [0.2, 0.25) is 0 Å². The first-order valence-electron chi connectivity index (χ1n) is 9.86. The predicted octanol–water partition coefficient (Wildman–Crippen LogP) is 3.73. The van der Waals surface area contributed by atoms with E-state index in [2.05, 4.69) is 0 Å². The van der Waals surface area contributed by atoms with Gasteiger partial charge in [-0.3, -0.25) is 14.5 Å². The van der Waals surface area contributed by atoms with Crippen LogP contribution in [0.25, 0.3) is 0 Å². The molecular weight excluding hydrogens is 347 g/mol. The molecule has 0 N–H and O–H groups in total. The number of halogens is 1. The van der Waals surface area contributed by atoms with E-state index in [-0.39, 0.29) is 17.1 Å². The molecule has 1 unspecified atom stereocenters. The quantitative estimate of drug-likeness (QED) is 0.602. The van der Waals surface area contributed by atoms with Crippen molar-refractivity contribution in [2.45, 2.75) is 51.5 Å². The fourth-order valence-corrected chi connectivity index (χ4v) is 6.63. The van der Waals surface area contributed by atoms with Gasteiger partial charge in [-0.2, -0.15) is 0 Å². The summed E-state index contributed by atoms with van der Waals surface area (Å²) >= 11 is 0. The predicted molar refractivity (Wildman–Crippen MR) is 96.2 cm³/mol. The molecule has 1 saturated heterocycles. The number of hydrogen-bond donors (Lipinski definition) is 0. The average molecular weight is 370 g/mol. The van der Waals surface area contributed by atoms with Crippen LogP contribution in [0.1, 0.15) is 45.4 Å². The van der Waals surface area contributed by atoms with Gasteiger partial charge in [-0.25, -0.2) is 14.1 Å². The highest BCUT2D eigenvalue weighted by Crippen LogP contribution is 2.62. The zero-order valence-electron chi connectivity index (χ0n) is 15.4. The molecule has 4 saturated carbocycles. The Morgan fingerprint density at radius 2 is 1.52 bits per heavy atom. The van der Waals surface area contributed by atoms with Gasteiger partial charge in [0, 0.05) is 6.04 Å². The van der Waals surface area contributed by atoms with Crippen molar-refractivity contribution in [2.75, 3.05) is 4.90 Å². The molecule has 1 aliphatic heterocycles. The Hall–Kier alpha value is -2.24. The van der Waals surface area contributed by atoms with E-state index in [1.54, 1.807) is 6.07 Å². The zero-order valence-corrected chi connectivity index (χ0v) is 15.4. The van der Waals surface area contributed by atoms with Gasteiger partial charge in [0.15, 0.2) is 0 Å². The maximum Gasteiger partial charge on any atom is 0.339 e. The Morgan fingerprint density at radius 1 is 0.963 bits per heavy atom. The minimum atomic E-state index is -0.957. The summed E-state index contributed by atoms with van der Waals surface area (Å²) in [6.45, 7) is 1.90. The van der Waals surface area contributed by atoms with Crippen molar-refractivity contribution in [3.8, 4) is 0 Å². The summed E-state index contributed by atoms with van der Waals surface area (Å²) in [6, 6.07) is 4.53. The smallest absolute Gasteiger partial charge is 0.263 e. The molecule has 5 fully saturated rings. The summed E-state index contributed by atoms with van der Waals surface area (Å²) in [4.78, 5) is 40.2. The van der Waals surface area contributed by atoms with Crippen LogP contribution in [0.3, 0.4) is 0 Å². The van der Waals surface area contributed by atoms with E-state index in [4.69, 9.17) is 0 Å². The fraction of sp³-hybridized carbons (Fsp3) is 0.571. The molecule has 4 amide bonds. The normalized spacial score (nSPS) is 36.1. The van der Waals surface area contributed by atoms with E-state index in [0.717, 1.165) is 24.2 Å². The summed E-state index contributed by atoms with van der Waals surface area (Å²) in [7, 11) is 0. The number of carbonyl (C=O) groups excluding carboxylic acids is 3. The molecule has 1 atom stereocenters. The van der Waals surface area contributed by atoms with Crippen LogP contribution >= 0.6 is 0 Å². The van der Waals surface area contributed by atoms with Crippen molar-refractivity contribution in [1.29, 1.82) is 0 Å². The monoisotopic (exact) mass is 370 g/mol. The van der Waals surface area contributed by atoms with Crippen molar-refractivity contribution in [3.05, 3.63) is 30.1 Å². The molecule has 0 radical (unpaired) electrons. The molecule has 1 aromatic rings. The first-order valence-corrected chi connectivity index (χ1v) is 9.86. The maximum absolute atomic E-state index is 14.2. The number of imide groups is 2. The number of para-hydroxylation sites is 1. The maximum atomic E-state index is 14.2. The molecule has 142 valence electrons. The number of amides is 4. The van der Waals surface area contributed by atoms with E-state index in [0.29, 0.717) is 22.7 Å². The third-order valence-electron chi connectivity index (χ3n) is 7.45. The van der Waals surface area contributed by atoms with Crippen LogP contribution in [-0.2, 0) is 9.59 Å². The number of rotatable bonds is 3. The average Bonchev–Trinajstić information content (AvgIpc) is 2.83. The van der Waals surface area contributed by atoms with Gasteiger partial charge in [-0.05, 0) is 80.8 Å². The zero-order chi connectivity index (χ0) is 18.9. The van der Waals surface area contributed by atoms with Crippen LogP contribution in [0.5, 0.6) is 0 Å². The van der Waals surface area contributed by atoms with Crippen LogP contribution in [-0.4, -0.2) is 28.8 Å². The number of urea groups is 1. The summed E-state index contributed by atoms with van der Waals surface area (Å²) in [6.07, 6.45) is 6.83. The topological polar surface area (TPSA) is 57.7 Å². The lowest BCUT2D eigenvalue weighted by atomic mass is 9.47. The van der Waals surface area contributed by atoms with Gasteiger partial charge in [0.1, 0.15) is 5.82 Å². The molecule has 4 bridgehead atoms. The standard InChI is InChI=1S/C21H23FN2O3/c1-12(21-9-13-6-14(10-21)8-15(7-13)11-21)23-18(25)19(26)24(20(23)27)17-5-3-2-4-16(17)22/h2-5,12-15H,6-11H2,1H3. The fourth-order valence-electron chi connectivity index (χ4n) is 6.63. The molecule has 4 aliphatic carbocycles. The summed E-state index contributed by atoms with van der Waals surface area (Å²) in [5.74, 6) is -0.455. The van der Waals surface area contributed by atoms with Crippen molar-refractivity contribution < 1.29 is 18.8 Å². The highest BCUT2D eigenvalue weighted by Gasteiger charge is 2.58. The Kier molecular flexibility index (Phi) is 3.52. The molecule has 5 nitrogen and oxygen atoms in total. The molecule has 27 heavy (non-hydrogen) atoms. The van der Waals surface area contributed by atoms with Gasteiger partial charge in [0.05, 0.1) is 5.69 Å². The molecule has 0 spiro atoms. The van der Waals surface area contributed by atoms with Crippen LogP contribution in [0.4, 0.5) is 14.9 Å². The number of hydrogen-bond acceptors (Lipinski definition) is 3. The first kappa shape index (κ1) is 16.9. The van der Waals surface area contributed by atoms with E-state index in [1.165, 1.54) is 37.5 Å². The SMILES string of the molecule is CC(N1C(=O)C(=O)N(c2ccccc2F)C1=O)C12CC3CC(CC(C3)C1)C2. The van der Waals surface area contributed by atoms with Crippen molar-refractivity contribution >= 4 is 23.5 Å². The Labute approximate surface area is 157 Å². The minimum absolute atomic E-state index is 0.0917. The van der Waals surface area contributed by atoms with E-state index in [1.807, 2.05) is 6.92 Å². The van der Waals surface area contributed by atoms with Crippen molar-refractivity contribution in [2.24, 2.45) is 23.2 Å². The second kappa shape index (κ2) is 5.63. The first-order chi connectivity index (χ1) is 12.9. The molecule has 1 aromatic carbocycles. The van der Waals surface area contributed by atoms with Gasteiger partial charge >= 0.3 is 17.8 Å². The van der Waals surface area contributed by atoms with E-state index >= 15 is 0 Å². The Balaban J connectivity index is 1.49. The highest BCUT2D eigenvalue weighted by molar-refractivity contribution is 6.52. The number of benzene rings is 1. The number of carbonyl (C=O) groups is 3. The van der Waals surface area contributed by atoms with Gasteiger partial charge in [-0.1, -0.05) is 12.1 Å². The lowest BCUT2D eigenvalue weighted by molar-refractivity contribution is -0.145. The third-order valence-corrected chi connectivity index (χ3v) is 7.45. The summed E-state index contributed by atoms with van der Waals surface area (Å²) in [5, 5.41) is 0. The van der Waals surface area contributed by atoms with Gasteiger partial charge < -0.3 is 0 Å². The van der Waals surface area contributed by atoms with Crippen molar-refractivity contribution in [1.82, 2.24) is 4.90 Å². The Morgan fingerprint density at radius 3 is 2.07 bits per heavy atom. The Bertz CT molecular complexity index is 816. The largest absolute Gasteiger partial charge is 0.339 e. The molecule has 0 aromatic heterocycles. The minimum Gasteiger partial charge on any atom is -0.263 e. The lowest BCUT2D eigenvalue weighted by Crippen LogP contribution is -2.57. The van der Waals surface area contributed by atoms with Gasteiger partial charge in [0.25, 0.3) is 0 Å². The third kappa shape index (κ3) is 2.31. The summed E-state index contributed by atoms with van der Waals surface area (Å²) < 4.78 is 14.2. The molecular formula is C21H23FN2O3. The van der Waals surface area contributed by atoms with Crippen LogP contribution in [0, 0.1) is 29.0 Å². The number of nitrogens with zero attached hydrogens (tertiary/aromatic N) is 2. The van der Waals surface area contributed by atoms with Crippen LogP contribution < -0.4 is 4.90 Å². The van der Waals surface area contributed by atoms with E-state index < -0.39 is 23.7 Å². The molecule has 5 aliphatic rings. The van der Waals surface area contributed by atoms with E-state index in [9.17, 15) is 18.8 Å². The van der Waals surface area contributed by atoms with Gasteiger partial charge in [-0.15, -0.1) is 0 Å². The second-order valence-electron chi connectivity index (χ2n) is 9.01. The lowest BCUT2D eigenvalue weighted by Gasteiger charge is -2.59.